The molecular formula is C11H26ClN3O4S. The summed E-state index contributed by atoms with van der Waals surface area (Å²) in [5.74, 6) is -1.03. The Labute approximate surface area is 130 Å². The van der Waals surface area contributed by atoms with Gasteiger partial charge in [-0.1, -0.05) is 6.42 Å². The van der Waals surface area contributed by atoms with Crippen LogP contribution in [0.2, 0.25) is 0 Å². The first-order valence-electron chi connectivity index (χ1n) is 6.02. The van der Waals surface area contributed by atoms with E-state index < -0.39 is 24.0 Å². The van der Waals surface area contributed by atoms with Crippen LogP contribution in [0.5, 0.6) is 0 Å². The van der Waals surface area contributed by atoms with E-state index in [9.17, 15) is 9.59 Å². The van der Waals surface area contributed by atoms with E-state index in [2.05, 4.69) is 0 Å². The molecule has 0 spiro atoms. The summed E-state index contributed by atoms with van der Waals surface area (Å²) in [6.45, 7) is 0.604. The summed E-state index contributed by atoms with van der Waals surface area (Å²) in [6, 6.07) is -1.40. The largest absolute Gasteiger partial charge is 0.480 e. The first-order chi connectivity index (χ1) is 8.86. The molecular weight excluding hydrogens is 306 g/mol. The van der Waals surface area contributed by atoms with Crippen molar-refractivity contribution >= 4 is 36.1 Å². The van der Waals surface area contributed by atoms with Gasteiger partial charge in [-0.25, -0.2) is 0 Å². The van der Waals surface area contributed by atoms with Crippen LogP contribution in [0.15, 0.2) is 0 Å². The Hall–Kier alpha value is -0.540. The minimum atomic E-state index is -0.933. The molecule has 2 atom stereocenters. The zero-order valence-electron chi connectivity index (χ0n) is 11.7. The molecule has 0 heterocycles. The van der Waals surface area contributed by atoms with Gasteiger partial charge in [-0.15, -0.1) is 12.4 Å². The Balaban J connectivity index is -0.000000277. The summed E-state index contributed by atoms with van der Waals surface area (Å²) in [7, 11) is 0. The van der Waals surface area contributed by atoms with E-state index in [1.54, 1.807) is 11.8 Å². The van der Waals surface area contributed by atoms with Gasteiger partial charge >= 0.3 is 11.9 Å². The van der Waals surface area contributed by atoms with Crippen molar-refractivity contribution in [3.8, 4) is 0 Å². The van der Waals surface area contributed by atoms with Gasteiger partial charge in [0, 0.05) is 0 Å². The highest BCUT2D eigenvalue weighted by Crippen LogP contribution is 1.98. The summed E-state index contributed by atoms with van der Waals surface area (Å²) in [6.07, 6.45) is 4.64. The van der Waals surface area contributed by atoms with Crippen LogP contribution in [0.25, 0.3) is 0 Å². The summed E-state index contributed by atoms with van der Waals surface area (Å²) in [5, 5.41) is 16.6. The standard InChI is InChI=1S/C6H14N2O2.C5H11NO2S.ClH/c7-4-2-1-3-5(8)6(9)10;1-9-3-2-4(6)5(7)8;/h5H,1-4,7-8H2,(H,9,10);4H,2-3,6H2,1H3,(H,7,8);1H/t5-;;/m0../s1. The van der Waals surface area contributed by atoms with Crippen LogP contribution in [0.1, 0.15) is 25.7 Å². The first kappa shape index (κ1) is 24.5. The predicted molar refractivity (Wildman–Crippen MR) is 84.4 cm³/mol. The Bertz CT molecular complexity index is 260. The third-order valence-corrected chi connectivity index (χ3v) is 2.88. The zero-order valence-corrected chi connectivity index (χ0v) is 13.3. The van der Waals surface area contributed by atoms with Crippen molar-refractivity contribution in [1.82, 2.24) is 0 Å². The molecule has 0 aromatic carbocycles. The van der Waals surface area contributed by atoms with Crippen molar-refractivity contribution in [3.63, 3.8) is 0 Å². The topological polar surface area (TPSA) is 153 Å². The van der Waals surface area contributed by atoms with E-state index in [1.165, 1.54) is 0 Å². The number of carbonyl (C=O) groups is 2. The molecule has 0 fully saturated rings. The molecule has 0 saturated carbocycles. The van der Waals surface area contributed by atoms with Gasteiger partial charge in [0.2, 0.25) is 0 Å². The lowest BCUT2D eigenvalue weighted by Gasteiger charge is -2.03. The van der Waals surface area contributed by atoms with Crippen molar-refractivity contribution in [2.75, 3.05) is 18.6 Å². The number of hydrogen-bond acceptors (Lipinski definition) is 6. The monoisotopic (exact) mass is 331 g/mol. The average Bonchev–Trinajstić information content (AvgIpc) is 2.36. The molecule has 0 bridgehead atoms. The lowest BCUT2D eigenvalue weighted by Crippen LogP contribution is -2.30. The number of thioether (sulfide) groups is 1. The summed E-state index contributed by atoms with van der Waals surface area (Å²) < 4.78 is 0. The Kier molecular flexibility index (Phi) is 20.2. The van der Waals surface area contributed by atoms with Gasteiger partial charge in [-0.3, -0.25) is 9.59 Å². The number of aliphatic carboxylic acids is 2. The van der Waals surface area contributed by atoms with Crippen LogP contribution in [-0.4, -0.2) is 52.8 Å². The van der Waals surface area contributed by atoms with Crippen molar-refractivity contribution in [2.24, 2.45) is 17.2 Å². The average molecular weight is 332 g/mol. The van der Waals surface area contributed by atoms with Gasteiger partial charge in [0.1, 0.15) is 12.1 Å². The smallest absolute Gasteiger partial charge is 0.320 e. The number of rotatable bonds is 9. The molecule has 0 aromatic heterocycles. The first-order valence-corrected chi connectivity index (χ1v) is 7.41. The number of carboxylic acid groups (broad SMARTS) is 2. The molecule has 122 valence electrons. The maximum absolute atomic E-state index is 10.1. The SMILES string of the molecule is CSCCC(N)C(=O)O.Cl.NCCCC[C@H](N)C(=O)O. The van der Waals surface area contributed by atoms with Gasteiger partial charge in [-0.05, 0) is 37.8 Å². The highest BCUT2D eigenvalue weighted by Gasteiger charge is 2.09. The van der Waals surface area contributed by atoms with Gasteiger partial charge in [0.05, 0.1) is 0 Å². The molecule has 0 amide bonds. The van der Waals surface area contributed by atoms with Crippen molar-refractivity contribution in [2.45, 2.75) is 37.8 Å². The fraction of sp³-hybridized carbons (Fsp3) is 0.818. The molecule has 0 saturated heterocycles. The van der Waals surface area contributed by atoms with E-state index in [4.69, 9.17) is 27.4 Å². The lowest BCUT2D eigenvalue weighted by molar-refractivity contribution is -0.139. The Morgan fingerprint density at radius 1 is 1.05 bits per heavy atom. The van der Waals surface area contributed by atoms with Crippen LogP contribution in [0.4, 0.5) is 0 Å². The Morgan fingerprint density at radius 3 is 1.85 bits per heavy atom. The van der Waals surface area contributed by atoms with Crippen LogP contribution in [-0.2, 0) is 9.59 Å². The van der Waals surface area contributed by atoms with E-state index in [1.807, 2.05) is 6.26 Å². The molecule has 7 nitrogen and oxygen atoms in total. The lowest BCUT2D eigenvalue weighted by atomic mass is 10.1. The van der Waals surface area contributed by atoms with Gasteiger partial charge in [-0.2, -0.15) is 11.8 Å². The maximum Gasteiger partial charge on any atom is 0.320 e. The predicted octanol–water partition coefficient (Wildman–Crippen LogP) is 0.101. The number of nitrogens with two attached hydrogens (primary N) is 3. The molecule has 0 aliphatic carbocycles. The molecule has 0 radical (unpaired) electrons. The zero-order chi connectivity index (χ0) is 15.3. The maximum atomic E-state index is 10.1. The van der Waals surface area contributed by atoms with Crippen molar-refractivity contribution < 1.29 is 19.8 Å². The molecule has 0 rings (SSSR count). The third kappa shape index (κ3) is 17.5. The highest BCUT2D eigenvalue weighted by molar-refractivity contribution is 7.98. The number of hydrogen-bond donors (Lipinski definition) is 5. The molecule has 8 N–H and O–H groups in total. The fourth-order valence-electron chi connectivity index (χ4n) is 1.00. The number of unbranched alkanes of at least 4 members (excludes halogenated alkanes) is 1. The van der Waals surface area contributed by atoms with Crippen molar-refractivity contribution in [3.05, 3.63) is 0 Å². The second-order valence-corrected chi connectivity index (χ2v) is 4.94. The molecule has 0 aromatic rings. The minimum absolute atomic E-state index is 0. The van der Waals surface area contributed by atoms with Crippen LogP contribution < -0.4 is 17.2 Å². The second kappa shape index (κ2) is 16.5. The van der Waals surface area contributed by atoms with E-state index in [-0.39, 0.29) is 12.4 Å². The normalized spacial score (nSPS) is 12.4. The Morgan fingerprint density at radius 2 is 1.50 bits per heavy atom. The van der Waals surface area contributed by atoms with E-state index >= 15 is 0 Å². The van der Waals surface area contributed by atoms with Gasteiger partial charge in [0.15, 0.2) is 0 Å². The highest BCUT2D eigenvalue weighted by atomic mass is 35.5. The summed E-state index contributed by atoms with van der Waals surface area (Å²) in [5.41, 5.74) is 15.6. The molecule has 20 heavy (non-hydrogen) atoms. The summed E-state index contributed by atoms with van der Waals surface area (Å²) in [4.78, 5) is 20.2. The quantitative estimate of drug-likeness (QED) is 0.373. The third-order valence-electron chi connectivity index (χ3n) is 2.24. The second-order valence-electron chi connectivity index (χ2n) is 3.96. The molecule has 0 aliphatic rings. The molecule has 9 heteroatoms. The van der Waals surface area contributed by atoms with Crippen LogP contribution >= 0.6 is 24.2 Å². The molecule has 1 unspecified atom stereocenters. The van der Waals surface area contributed by atoms with Crippen LogP contribution in [0.3, 0.4) is 0 Å². The van der Waals surface area contributed by atoms with E-state index in [0.29, 0.717) is 19.4 Å². The van der Waals surface area contributed by atoms with Gasteiger partial charge in [0.25, 0.3) is 0 Å². The van der Waals surface area contributed by atoms with Gasteiger partial charge < -0.3 is 27.4 Å². The van der Waals surface area contributed by atoms with E-state index in [0.717, 1.165) is 18.6 Å². The number of carboxylic acids is 2. The van der Waals surface area contributed by atoms with Crippen molar-refractivity contribution in [1.29, 1.82) is 0 Å². The van der Waals surface area contributed by atoms with Crippen LogP contribution in [0, 0.1) is 0 Å². The summed E-state index contributed by atoms with van der Waals surface area (Å²) >= 11 is 1.60. The fourth-order valence-corrected chi connectivity index (χ4v) is 1.49. The molecule has 0 aliphatic heterocycles. The minimum Gasteiger partial charge on any atom is -0.480 e. The number of halogens is 1.